The lowest BCUT2D eigenvalue weighted by Gasteiger charge is -2.27. The van der Waals surface area contributed by atoms with Crippen LogP contribution in [0.25, 0.3) is 10.9 Å². The summed E-state index contributed by atoms with van der Waals surface area (Å²) in [5.41, 5.74) is 4.62. The van der Waals surface area contributed by atoms with Crippen molar-refractivity contribution in [3.8, 4) is 5.88 Å². The first-order valence-corrected chi connectivity index (χ1v) is 13.9. The molecule has 1 saturated heterocycles. The minimum absolute atomic E-state index is 0.0691. The Morgan fingerprint density at radius 1 is 1.02 bits per heavy atom. The third-order valence-electron chi connectivity index (χ3n) is 7.36. The van der Waals surface area contributed by atoms with Gasteiger partial charge in [0.2, 0.25) is 0 Å². The molecule has 0 saturated carbocycles. The lowest BCUT2D eigenvalue weighted by molar-refractivity contribution is -0.110. The normalized spacial score (nSPS) is 14.2. The second kappa shape index (κ2) is 13.0. The number of aromatic hydroxyl groups is 1. The Bertz CT molecular complexity index is 1590. The van der Waals surface area contributed by atoms with Crippen LogP contribution in [0.15, 0.2) is 71.7 Å². The number of methoxy groups -OCH3 is 1. The van der Waals surface area contributed by atoms with Crippen molar-refractivity contribution in [3.05, 3.63) is 94.5 Å². The molecule has 1 aliphatic rings. The van der Waals surface area contributed by atoms with Crippen molar-refractivity contribution in [1.82, 2.24) is 20.3 Å². The van der Waals surface area contributed by atoms with E-state index in [4.69, 9.17) is 14.6 Å². The predicted molar refractivity (Wildman–Crippen MR) is 162 cm³/mol. The Kier molecular flexibility index (Phi) is 8.97. The standard InChI is InChI=1S/C32H35N5O5/c1-21-19-26-27(20-25(21)32(40)41-3)35-30(38)28(26)29(22-7-5-4-6-8-22)34-24-11-9-23(10-12-24)31(39)36(2)42-18-17-37-15-13-33-14-16-37/h4-12,19-20,33,35,38H,13-18H2,1-3H3. The second-order valence-electron chi connectivity index (χ2n) is 10.2. The number of hydrogen-bond acceptors (Lipinski definition) is 8. The summed E-state index contributed by atoms with van der Waals surface area (Å²) in [6.07, 6.45) is 0. The van der Waals surface area contributed by atoms with Gasteiger partial charge in [-0.15, -0.1) is 0 Å². The van der Waals surface area contributed by atoms with E-state index in [1.807, 2.05) is 43.3 Å². The van der Waals surface area contributed by atoms with E-state index in [9.17, 15) is 14.7 Å². The van der Waals surface area contributed by atoms with Crippen molar-refractivity contribution >= 4 is 34.2 Å². The summed E-state index contributed by atoms with van der Waals surface area (Å²) in [6.45, 7) is 6.88. The Morgan fingerprint density at radius 2 is 1.74 bits per heavy atom. The summed E-state index contributed by atoms with van der Waals surface area (Å²) >= 11 is 0. The largest absolute Gasteiger partial charge is 0.494 e. The number of piperazine rings is 1. The molecule has 218 valence electrons. The number of hydrogen-bond donors (Lipinski definition) is 3. The molecule has 1 aliphatic heterocycles. The molecule has 0 radical (unpaired) electrons. The molecular weight excluding hydrogens is 534 g/mol. The Morgan fingerprint density at radius 3 is 2.43 bits per heavy atom. The molecule has 0 aliphatic carbocycles. The number of fused-ring (bicyclic) bond motifs is 1. The van der Waals surface area contributed by atoms with Gasteiger partial charge in [-0.3, -0.25) is 14.5 Å². The second-order valence-corrected chi connectivity index (χ2v) is 10.2. The van der Waals surface area contributed by atoms with Gasteiger partial charge in [0.15, 0.2) is 5.88 Å². The minimum atomic E-state index is -0.452. The first kappa shape index (κ1) is 29.0. The smallest absolute Gasteiger partial charge is 0.338 e. The number of H-pyrrole nitrogens is 1. The number of aryl methyl sites for hydroxylation is 1. The third kappa shape index (κ3) is 6.36. The number of ether oxygens (including phenoxy) is 1. The van der Waals surface area contributed by atoms with Crippen molar-refractivity contribution in [3.63, 3.8) is 0 Å². The van der Waals surface area contributed by atoms with Crippen molar-refractivity contribution < 1.29 is 24.3 Å². The van der Waals surface area contributed by atoms with Gasteiger partial charge in [0.25, 0.3) is 5.91 Å². The van der Waals surface area contributed by atoms with Crippen LogP contribution in [0, 0.1) is 6.92 Å². The van der Waals surface area contributed by atoms with E-state index >= 15 is 0 Å². The first-order valence-electron chi connectivity index (χ1n) is 13.9. The van der Waals surface area contributed by atoms with Crippen LogP contribution in [0.5, 0.6) is 5.88 Å². The Balaban J connectivity index is 1.41. The number of hydroxylamine groups is 2. The summed E-state index contributed by atoms with van der Waals surface area (Å²) in [7, 11) is 2.95. The van der Waals surface area contributed by atoms with Crippen LogP contribution < -0.4 is 5.32 Å². The molecule has 0 bridgehead atoms. The number of aromatic nitrogens is 1. The average Bonchev–Trinajstić information content (AvgIpc) is 3.33. The molecule has 0 unspecified atom stereocenters. The number of aliphatic imine (C=N–C) groups is 1. The van der Waals surface area contributed by atoms with Gasteiger partial charge in [0.05, 0.1) is 36.2 Å². The lowest BCUT2D eigenvalue weighted by Crippen LogP contribution is -2.45. The lowest BCUT2D eigenvalue weighted by atomic mass is 9.98. The number of esters is 1. The number of carbonyl (C=O) groups excluding carboxylic acids is 2. The molecule has 1 fully saturated rings. The molecule has 1 aromatic heterocycles. The number of rotatable bonds is 9. The molecule has 10 heteroatoms. The van der Waals surface area contributed by atoms with Gasteiger partial charge in [-0.2, -0.15) is 0 Å². The minimum Gasteiger partial charge on any atom is -0.494 e. The van der Waals surface area contributed by atoms with E-state index in [1.165, 1.54) is 12.2 Å². The van der Waals surface area contributed by atoms with Crippen molar-refractivity contribution in [1.29, 1.82) is 0 Å². The van der Waals surface area contributed by atoms with Crippen molar-refractivity contribution in [2.45, 2.75) is 6.92 Å². The first-order chi connectivity index (χ1) is 20.4. The van der Waals surface area contributed by atoms with Gasteiger partial charge < -0.3 is 20.1 Å². The van der Waals surface area contributed by atoms with E-state index < -0.39 is 5.97 Å². The van der Waals surface area contributed by atoms with Gasteiger partial charge >= 0.3 is 5.97 Å². The maximum atomic E-state index is 13.0. The maximum Gasteiger partial charge on any atom is 0.338 e. The van der Waals surface area contributed by atoms with Crippen LogP contribution in [0.4, 0.5) is 5.69 Å². The summed E-state index contributed by atoms with van der Waals surface area (Å²) in [5, 5.41) is 16.3. The van der Waals surface area contributed by atoms with Gasteiger partial charge in [0.1, 0.15) is 0 Å². The monoisotopic (exact) mass is 569 g/mol. The van der Waals surface area contributed by atoms with Crippen LogP contribution in [0.2, 0.25) is 0 Å². The fourth-order valence-electron chi connectivity index (χ4n) is 5.06. The Labute approximate surface area is 244 Å². The highest BCUT2D eigenvalue weighted by molar-refractivity contribution is 6.22. The van der Waals surface area contributed by atoms with Crippen molar-refractivity contribution in [2.24, 2.45) is 4.99 Å². The number of carbonyl (C=O) groups is 2. The van der Waals surface area contributed by atoms with Crippen LogP contribution in [0.1, 0.15) is 37.4 Å². The Hall–Kier alpha value is -4.51. The number of benzene rings is 3. The van der Waals surface area contributed by atoms with Gasteiger partial charge in [0, 0.05) is 61.8 Å². The average molecular weight is 570 g/mol. The molecule has 5 rings (SSSR count). The zero-order valence-electron chi connectivity index (χ0n) is 24.0. The van der Waals surface area contributed by atoms with Crippen LogP contribution in [-0.4, -0.2) is 91.1 Å². The molecule has 3 aromatic carbocycles. The topological polar surface area (TPSA) is 119 Å². The number of nitrogens with zero attached hydrogens (tertiary/aromatic N) is 3. The van der Waals surface area contributed by atoms with E-state index in [0.29, 0.717) is 51.2 Å². The molecule has 1 amide bonds. The summed E-state index contributed by atoms with van der Waals surface area (Å²) in [5.74, 6) is -0.770. The highest BCUT2D eigenvalue weighted by atomic mass is 16.7. The van der Waals surface area contributed by atoms with Crippen molar-refractivity contribution in [2.75, 3.05) is 53.5 Å². The number of nitrogens with one attached hydrogen (secondary N) is 2. The molecule has 4 aromatic rings. The predicted octanol–water partition coefficient (Wildman–Crippen LogP) is 4.05. The third-order valence-corrected chi connectivity index (χ3v) is 7.36. The van der Waals surface area contributed by atoms with E-state index in [1.54, 1.807) is 37.4 Å². The SMILES string of the molecule is COC(=O)c1cc2[nH]c(O)c(C(=Nc3ccc(C(=O)N(C)OCCN4CCNCC4)cc3)c3ccccc3)c2cc1C. The van der Waals surface area contributed by atoms with Gasteiger partial charge in [-0.25, -0.2) is 14.9 Å². The maximum absolute atomic E-state index is 13.0. The molecule has 0 spiro atoms. The highest BCUT2D eigenvalue weighted by Crippen LogP contribution is 2.33. The fourth-order valence-corrected chi connectivity index (χ4v) is 5.06. The summed E-state index contributed by atoms with van der Waals surface area (Å²) in [6, 6.07) is 20.0. The van der Waals surface area contributed by atoms with E-state index in [2.05, 4.69) is 15.2 Å². The number of aromatic amines is 1. The summed E-state index contributed by atoms with van der Waals surface area (Å²) in [4.78, 5) is 41.1. The zero-order chi connectivity index (χ0) is 29.6. The molecule has 0 atom stereocenters. The van der Waals surface area contributed by atoms with Crippen LogP contribution >= 0.6 is 0 Å². The molecule has 2 heterocycles. The highest BCUT2D eigenvalue weighted by Gasteiger charge is 2.22. The number of amides is 1. The zero-order valence-corrected chi connectivity index (χ0v) is 24.0. The molecule has 3 N–H and O–H groups in total. The van der Waals surface area contributed by atoms with Gasteiger partial charge in [-0.05, 0) is 48.9 Å². The molecule has 42 heavy (non-hydrogen) atoms. The fraction of sp³-hybridized carbons (Fsp3) is 0.281. The van der Waals surface area contributed by atoms with Crippen LogP contribution in [0.3, 0.4) is 0 Å². The van der Waals surface area contributed by atoms with E-state index in [0.717, 1.165) is 38.3 Å². The summed E-state index contributed by atoms with van der Waals surface area (Å²) < 4.78 is 4.91. The van der Waals surface area contributed by atoms with Gasteiger partial charge in [-0.1, -0.05) is 30.3 Å². The van der Waals surface area contributed by atoms with E-state index in [-0.39, 0.29) is 11.8 Å². The quantitative estimate of drug-likeness (QED) is 0.158. The van der Waals surface area contributed by atoms with Crippen LogP contribution in [-0.2, 0) is 9.57 Å². The molecule has 10 nitrogen and oxygen atoms in total. The molecular formula is C32H35N5O5.